The molecule has 0 fully saturated rings. The number of amides is 2. The highest BCUT2D eigenvalue weighted by Gasteiger charge is 2.12. The van der Waals surface area contributed by atoms with Gasteiger partial charge in [-0.2, -0.15) is 0 Å². The summed E-state index contributed by atoms with van der Waals surface area (Å²) in [6, 6.07) is 9.92. The van der Waals surface area contributed by atoms with Gasteiger partial charge < -0.3 is 5.32 Å². The number of thioether (sulfide) groups is 1. The molecule has 2 aromatic carbocycles. The number of carbonyl (C=O) groups is 2. The van der Waals surface area contributed by atoms with E-state index < -0.39 is 11.7 Å². The van der Waals surface area contributed by atoms with Crippen molar-refractivity contribution in [3.8, 4) is 0 Å². The number of hydrogen-bond acceptors (Lipinski definition) is 6. The van der Waals surface area contributed by atoms with Crippen LogP contribution < -0.4 is 10.6 Å². The lowest BCUT2D eigenvalue weighted by molar-refractivity contribution is -0.113. The first-order valence-corrected chi connectivity index (χ1v) is 10.2. The van der Waals surface area contributed by atoms with E-state index in [0.717, 1.165) is 11.3 Å². The highest BCUT2D eigenvalue weighted by Crippen LogP contribution is 2.27. The van der Waals surface area contributed by atoms with E-state index in [9.17, 15) is 14.0 Å². The van der Waals surface area contributed by atoms with Gasteiger partial charge in [0.25, 0.3) is 5.91 Å². The number of halogens is 3. The third kappa shape index (κ3) is 5.65. The standard InChI is InChI=1S/C17H11Cl2FN4O2S2/c18-12-6-5-11(7-13(12)19)21-14(25)8-27-17-24-23-16(28-17)22-15(26)9-1-3-10(20)4-2-9/h1-7H,8H2,(H,21,25)(H,22,23,26). The van der Waals surface area contributed by atoms with Crippen LogP contribution in [0.15, 0.2) is 46.8 Å². The van der Waals surface area contributed by atoms with Crippen molar-refractivity contribution in [3.05, 3.63) is 63.9 Å². The molecule has 0 aliphatic heterocycles. The summed E-state index contributed by atoms with van der Waals surface area (Å²) in [5.74, 6) is -1.01. The Morgan fingerprint density at radius 3 is 2.50 bits per heavy atom. The van der Waals surface area contributed by atoms with Crippen LogP contribution in [0.25, 0.3) is 0 Å². The normalized spacial score (nSPS) is 10.5. The minimum absolute atomic E-state index is 0.0980. The molecule has 0 aliphatic rings. The van der Waals surface area contributed by atoms with Crippen LogP contribution in [-0.4, -0.2) is 27.8 Å². The monoisotopic (exact) mass is 456 g/mol. The van der Waals surface area contributed by atoms with E-state index in [-0.39, 0.29) is 16.8 Å². The van der Waals surface area contributed by atoms with E-state index in [1.807, 2.05) is 0 Å². The molecule has 0 bridgehead atoms. The molecule has 28 heavy (non-hydrogen) atoms. The number of rotatable bonds is 6. The van der Waals surface area contributed by atoms with Crippen molar-refractivity contribution in [1.29, 1.82) is 0 Å². The molecule has 0 atom stereocenters. The molecule has 0 aliphatic carbocycles. The second kappa shape index (κ2) is 9.33. The molecule has 6 nitrogen and oxygen atoms in total. The Hall–Kier alpha value is -2.20. The summed E-state index contributed by atoms with van der Waals surface area (Å²) in [7, 11) is 0. The number of benzene rings is 2. The maximum Gasteiger partial charge on any atom is 0.257 e. The Labute approximate surface area is 177 Å². The minimum atomic E-state index is -0.426. The molecule has 1 aromatic heterocycles. The third-order valence-corrected chi connectivity index (χ3v) is 5.97. The highest BCUT2D eigenvalue weighted by molar-refractivity contribution is 8.01. The second-order valence-corrected chi connectivity index (χ2v) is 8.31. The van der Waals surface area contributed by atoms with E-state index in [1.54, 1.807) is 18.2 Å². The SMILES string of the molecule is O=C(CSc1nnc(NC(=O)c2ccc(F)cc2)s1)Nc1ccc(Cl)c(Cl)c1. The number of anilines is 2. The van der Waals surface area contributed by atoms with Crippen molar-refractivity contribution >= 4 is 68.9 Å². The second-order valence-electron chi connectivity index (χ2n) is 5.30. The molecular weight excluding hydrogens is 446 g/mol. The largest absolute Gasteiger partial charge is 0.325 e. The first-order valence-electron chi connectivity index (χ1n) is 7.69. The lowest BCUT2D eigenvalue weighted by Gasteiger charge is -2.05. The zero-order valence-electron chi connectivity index (χ0n) is 13.9. The van der Waals surface area contributed by atoms with Gasteiger partial charge >= 0.3 is 0 Å². The molecule has 3 rings (SSSR count). The van der Waals surface area contributed by atoms with Gasteiger partial charge in [0, 0.05) is 11.3 Å². The fraction of sp³-hybridized carbons (Fsp3) is 0.0588. The Morgan fingerprint density at radius 1 is 1.04 bits per heavy atom. The lowest BCUT2D eigenvalue weighted by Crippen LogP contribution is -2.13. The molecular formula is C17H11Cl2FN4O2S2. The summed E-state index contributed by atoms with van der Waals surface area (Å²) in [4.78, 5) is 24.1. The van der Waals surface area contributed by atoms with Gasteiger partial charge in [-0.25, -0.2) is 4.39 Å². The topological polar surface area (TPSA) is 84.0 Å². The molecule has 0 spiro atoms. The Kier molecular flexibility index (Phi) is 6.84. The highest BCUT2D eigenvalue weighted by atomic mass is 35.5. The quantitative estimate of drug-likeness (QED) is 0.404. The minimum Gasteiger partial charge on any atom is -0.325 e. The first-order chi connectivity index (χ1) is 13.4. The van der Waals surface area contributed by atoms with Gasteiger partial charge in [0.1, 0.15) is 5.82 Å². The summed E-state index contributed by atoms with van der Waals surface area (Å²) in [6.07, 6.45) is 0. The molecule has 1 heterocycles. The van der Waals surface area contributed by atoms with Crippen LogP contribution in [0.3, 0.4) is 0 Å². The summed E-state index contributed by atoms with van der Waals surface area (Å²) in [5.41, 5.74) is 0.830. The number of nitrogens with one attached hydrogen (secondary N) is 2. The van der Waals surface area contributed by atoms with Crippen molar-refractivity contribution in [2.75, 3.05) is 16.4 Å². The molecule has 2 N–H and O–H groups in total. The lowest BCUT2D eigenvalue weighted by atomic mass is 10.2. The van der Waals surface area contributed by atoms with Crippen molar-refractivity contribution < 1.29 is 14.0 Å². The van der Waals surface area contributed by atoms with E-state index in [2.05, 4.69) is 20.8 Å². The van der Waals surface area contributed by atoms with Crippen LogP contribution >= 0.6 is 46.3 Å². The average molecular weight is 457 g/mol. The number of carbonyl (C=O) groups excluding carboxylic acids is 2. The first kappa shape index (κ1) is 20.5. The van der Waals surface area contributed by atoms with Crippen molar-refractivity contribution in [2.24, 2.45) is 0 Å². The van der Waals surface area contributed by atoms with Crippen LogP contribution in [0.4, 0.5) is 15.2 Å². The maximum atomic E-state index is 12.9. The van der Waals surface area contributed by atoms with Gasteiger partial charge in [0.2, 0.25) is 11.0 Å². The number of aromatic nitrogens is 2. The van der Waals surface area contributed by atoms with Crippen LogP contribution in [0, 0.1) is 5.82 Å². The number of hydrogen-bond donors (Lipinski definition) is 2. The molecule has 144 valence electrons. The molecule has 11 heteroatoms. The van der Waals surface area contributed by atoms with Crippen LogP contribution in [0.2, 0.25) is 10.0 Å². The fourth-order valence-corrected chi connectivity index (χ4v) is 3.83. The third-order valence-electron chi connectivity index (χ3n) is 3.26. The van der Waals surface area contributed by atoms with Gasteiger partial charge in [-0.3, -0.25) is 14.9 Å². The molecule has 0 saturated heterocycles. The molecule has 0 unspecified atom stereocenters. The predicted octanol–water partition coefficient (Wildman–Crippen LogP) is 4.97. The Morgan fingerprint density at radius 2 is 1.79 bits per heavy atom. The van der Waals surface area contributed by atoms with E-state index in [0.29, 0.717) is 25.6 Å². The molecule has 3 aromatic rings. The van der Waals surface area contributed by atoms with E-state index in [4.69, 9.17) is 23.2 Å². The van der Waals surface area contributed by atoms with Crippen molar-refractivity contribution in [2.45, 2.75) is 4.34 Å². The molecule has 2 amide bonds. The van der Waals surface area contributed by atoms with Gasteiger partial charge in [0.15, 0.2) is 4.34 Å². The van der Waals surface area contributed by atoms with Crippen molar-refractivity contribution in [3.63, 3.8) is 0 Å². The summed E-state index contributed by atoms with van der Waals surface area (Å²) >= 11 is 14.0. The Balaban J connectivity index is 1.51. The van der Waals surface area contributed by atoms with E-state index in [1.165, 1.54) is 36.0 Å². The Bertz CT molecular complexity index is 1010. The van der Waals surface area contributed by atoms with Gasteiger partial charge in [-0.05, 0) is 42.5 Å². The summed E-state index contributed by atoms with van der Waals surface area (Å²) in [6.45, 7) is 0. The molecule has 0 radical (unpaired) electrons. The van der Waals surface area contributed by atoms with Gasteiger partial charge in [0.05, 0.1) is 15.8 Å². The van der Waals surface area contributed by atoms with E-state index >= 15 is 0 Å². The van der Waals surface area contributed by atoms with Crippen LogP contribution in [0.1, 0.15) is 10.4 Å². The molecule has 0 saturated carbocycles. The van der Waals surface area contributed by atoms with Crippen molar-refractivity contribution in [1.82, 2.24) is 10.2 Å². The smallest absolute Gasteiger partial charge is 0.257 e. The average Bonchev–Trinajstić information content (AvgIpc) is 3.11. The summed E-state index contributed by atoms with van der Waals surface area (Å²) < 4.78 is 13.4. The fourth-order valence-electron chi connectivity index (χ4n) is 1.99. The number of nitrogens with zero attached hydrogens (tertiary/aromatic N) is 2. The van der Waals surface area contributed by atoms with Gasteiger partial charge in [-0.1, -0.05) is 46.3 Å². The zero-order chi connectivity index (χ0) is 20.1. The van der Waals surface area contributed by atoms with Gasteiger partial charge in [-0.15, -0.1) is 10.2 Å². The zero-order valence-corrected chi connectivity index (χ0v) is 17.1. The van der Waals surface area contributed by atoms with Crippen LogP contribution in [-0.2, 0) is 4.79 Å². The van der Waals surface area contributed by atoms with Crippen LogP contribution in [0.5, 0.6) is 0 Å². The maximum absolute atomic E-state index is 12.9. The predicted molar refractivity (Wildman–Crippen MR) is 110 cm³/mol. The summed E-state index contributed by atoms with van der Waals surface area (Å²) in [5, 5.41) is 14.1.